The number of carbonyl (C=O) groups excluding carboxylic acids is 1. The summed E-state index contributed by atoms with van der Waals surface area (Å²) in [5.74, 6) is -0.0183. The Morgan fingerprint density at radius 1 is 1.21 bits per heavy atom. The molecule has 1 aliphatic carbocycles. The van der Waals surface area contributed by atoms with Gasteiger partial charge < -0.3 is 9.84 Å². The van der Waals surface area contributed by atoms with Crippen molar-refractivity contribution in [1.82, 2.24) is 14.4 Å². The number of nitrogens with one attached hydrogen (secondary N) is 1. The predicted molar refractivity (Wildman–Crippen MR) is 109 cm³/mol. The van der Waals surface area contributed by atoms with Crippen LogP contribution in [0.3, 0.4) is 0 Å². The van der Waals surface area contributed by atoms with Crippen molar-refractivity contribution in [3.8, 4) is 0 Å². The van der Waals surface area contributed by atoms with E-state index >= 15 is 0 Å². The summed E-state index contributed by atoms with van der Waals surface area (Å²) in [7, 11) is -0.678. The Morgan fingerprint density at radius 2 is 1.93 bits per heavy atom. The number of pyridine rings is 1. The maximum Gasteiger partial charge on any atom is 0.259 e. The second-order valence-corrected chi connectivity index (χ2v) is 9.66. The van der Waals surface area contributed by atoms with Crippen LogP contribution in [0.15, 0.2) is 33.7 Å². The van der Waals surface area contributed by atoms with E-state index in [0.717, 1.165) is 22.8 Å². The van der Waals surface area contributed by atoms with E-state index in [1.54, 1.807) is 32.0 Å². The SMILES string of the molecule is Cc1ccc(NC(=O)c2cc(C3CC3)nc3onc(C)c23)cc1S(=O)(=O)N(C)C. The maximum absolute atomic E-state index is 13.1. The molecular formula is C20H22N4O4S. The minimum absolute atomic E-state index is 0.153. The average molecular weight is 414 g/mol. The van der Waals surface area contributed by atoms with E-state index in [2.05, 4.69) is 15.5 Å². The van der Waals surface area contributed by atoms with Gasteiger partial charge in [-0.1, -0.05) is 11.2 Å². The third kappa shape index (κ3) is 3.51. The van der Waals surface area contributed by atoms with Gasteiger partial charge in [0.1, 0.15) is 0 Å². The zero-order valence-corrected chi connectivity index (χ0v) is 17.5. The molecule has 0 saturated heterocycles. The number of hydrogen-bond acceptors (Lipinski definition) is 6. The van der Waals surface area contributed by atoms with E-state index < -0.39 is 10.0 Å². The fourth-order valence-electron chi connectivity index (χ4n) is 3.23. The molecule has 1 N–H and O–H groups in total. The summed E-state index contributed by atoms with van der Waals surface area (Å²) < 4.78 is 31.5. The second kappa shape index (κ2) is 6.93. The third-order valence-corrected chi connectivity index (χ3v) is 7.04. The smallest absolute Gasteiger partial charge is 0.259 e. The Hall–Kier alpha value is -2.78. The van der Waals surface area contributed by atoms with Crippen molar-refractivity contribution < 1.29 is 17.7 Å². The first-order chi connectivity index (χ1) is 13.7. The summed E-state index contributed by atoms with van der Waals surface area (Å²) in [6.07, 6.45) is 2.08. The maximum atomic E-state index is 13.1. The van der Waals surface area contributed by atoms with Crippen molar-refractivity contribution in [3.63, 3.8) is 0 Å². The number of hydrogen-bond donors (Lipinski definition) is 1. The fourth-order valence-corrected chi connectivity index (χ4v) is 4.38. The number of sulfonamides is 1. The van der Waals surface area contributed by atoms with Crippen LogP contribution in [0.2, 0.25) is 0 Å². The lowest BCUT2D eigenvalue weighted by Gasteiger charge is -2.15. The molecular weight excluding hydrogens is 392 g/mol. The van der Waals surface area contributed by atoms with Gasteiger partial charge in [0.05, 0.1) is 21.5 Å². The normalized spacial score (nSPS) is 14.5. The standard InChI is InChI=1S/C20H22N4O4S/c1-11-5-8-14(9-17(11)29(26,27)24(3)4)21-19(25)15-10-16(13-6-7-13)22-20-18(15)12(2)23-28-20/h5,8-10,13H,6-7H2,1-4H3,(H,21,25). The first-order valence-electron chi connectivity index (χ1n) is 9.30. The average Bonchev–Trinajstić information content (AvgIpc) is 3.46. The Bertz CT molecular complexity index is 1230. The molecule has 9 heteroatoms. The molecule has 3 aromatic rings. The minimum Gasteiger partial charge on any atom is -0.336 e. The van der Waals surface area contributed by atoms with Crippen molar-refractivity contribution in [1.29, 1.82) is 0 Å². The first-order valence-corrected chi connectivity index (χ1v) is 10.7. The first kappa shape index (κ1) is 19.5. The number of nitrogens with zero attached hydrogens (tertiary/aromatic N) is 3. The monoisotopic (exact) mass is 414 g/mol. The molecule has 1 fully saturated rings. The molecule has 2 aromatic heterocycles. The summed E-state index contributed by atoms with van der Waals surface area (Å²) in [5.41, 5.74) is 3.17. The molecule has 1 saturated carbocycles. The van der Waals surface area contributed by atoms with Gasteiger partial charge in [0.15, 0.2) is 0 Å². The van der Waals surface area contributed by atoms with Crippen LogP contribution in [-0.4, -0.2) is 42.9 Å². The van der Waals surface area contributed by atoms with Gasteiger partial charge in [0, 0.05) is 31.4 Å². The lowest BCUT2D eigenvalue weighted by atomic mass is 10.1. The second-order valence-electron chi connectivity index (χ2n) is 7.54. The topological polar surface area (TPSA) is 105 Å². The van der Waals surface area contributed by atoms with Crippen molar-refractivity contribution in [2.24, 2.45) is 0 Å². The lowest BCUT2D eigenvalue weighted by Crippen LogP contribution is -2.23. The Balaban J connectivity index is 1.73. The zero-order valence-electron chi connectivity index (χ0n) is 16.7. The summed E-state index contributed by atoms with van der Waals surface area (Å²) in [6.45, 7) is 3.48. The van der Waals surface area contributed by atoms with Gasteiger partial charge in [-0.2, -0.15) is 0 Å². The number of fused-ring (bicyclic) bond motifs is 1. The van der Waals surface area contributed by atoms with E-state index in [1.165, 1.54) is 20.2 Å². The number of rotatable bonds is 5. The van der Waals surface area contributed by atoms with Crippen LogP contribution < -0.4 is 5.32 Å². The van der Waals surface area contributed by atoms with Crippen molar-refractivity contribution in [2.75, 3.05) is 19.4 Å². The summed E-state index contributed by atoms with van der Waals surface area (Å²) in [4.78, 5) is 17.7. The Morgan fingerprint density at radius 3 is 2.59 bits per heavy atom. The third-order valence-electron chi connectivity index (χ3n) is 5.08. The van der Waals surface area contributed by atoms with Crippen LogP contribution in [-0.2, 0) is 10.0 Å². The molecule has 4 rings (SSSR count). The molecule has 1 aliphatic rings. The molecule has 29 heavy (non-hydrogen) atoms. The minimum atomic E-state index is -3.63. The highest BCUT2D eigenvalue weighted by Gasteiger charge is 2.29. The predicted octanol–water partition coefficient (Wildman–Crippen LogP) is 3.22. The van der Waals surface area contributed by atoms with E-state index in [4.69, 9.17) is 4.52 Å². The highest BCUT2D eigenvalue weighted by molar-refractivity contribution is 7.89. The summed E-state index contributed by atoms with van der Waals surface area (Å²) in [6, 6.07) is 6.62. The van der Waals surface area contributed by atoms with Gasteiger partial charge in [-0.15, -0.1) is 0 Å². The molecule has 0 aliphatic heterocycles. The van der Waals surface area contributed by atoms with Gasteiger partial charge >= 0.3 is 0 Å². The zero-order chi connectivity index (χ0) is 20.9. The van der Waals surface area contributed by atoms with Crippen molar-refractivity contribution >= 4 is 32.7 Å². The van der Waals surface area contributed by atoms with Gasteiger partial charge in [0.25, 0.3) is 11.6 Å². The summed E-state index contributed by atoms with van der Waals surface area (Å²) in [5, 5.41) is 7.32. The molecule has 0 bridgehead atoms. The molecule has 8 nitrogen and oxygen atoms in total. The number of carbonyl (C=O) groups is 1. The van der Waals surface area contributed by atoms with Gasteiger partial charge in [-0.25, -0.2) is 17.7 Å². The van der Waals surface area contributed by atoms with Crippen LogP contribution >= 0.6 is 0 Å². The molecule has 152 valence electrons. The van der Waals surface area contributed by atoms with Crippen molar-refractivity contribution in [3.05, 3.63) is 46.8 Å². The highest BCUT2D eigenvalue weighted by Crippen LogP contribution is 2.40. The van der Waals surface area contributed by atoms with Gasteiger partial charge in [-0.05, 0) is 50.5 Å². The van der Waals surface area contributed by atoms with E-state index in [0.29, 0.717) is 39.5 Å². The molecule has 0 unspecified atom stereocenters. The fraction of sp³-hybridized carbons (Fsp3) is 0.350. The Labute approximate surface area is 169 Å². The van der Waals surface area contributed by atoms with Gasteiger partial charge in [0.2, 0.25) is 10.0 Å². The van der Waals surface area contributed by atoms with Crippen LogP contribution in [0.25, 0.3) is 11.1 Å². The largest absolute Gasteiger partial charge is 0.336 e. The molecule has 0 atom stereocenters. The van der Waals surface area contributed by atoms with E-state index in [-0.39, 0.29) is 10.8 Å². The molecule has 1 amide bonds. The highest BCUT2D eigenvalue weighted by atomic mass is 32.2. The molecule has 2 heterocycles. The van der Waals surface area contributed by atoms with Gasteiger partial charge in [-0.3, -0.25) is 4.79 Å². The van der Waals surface area contributed by atoms with E-state index in [1.807, 2.05) is 0 Å². The number of amides is 1. The van der Waals surface area contributed by atoms with Crippen LogP contribution in [0.5, 0.6) is 0 Å². The van der Waals surface area contributed by atoms with Crippen LogP contribution in [0.1, 0.15) is 46.1 Å². The number of aryl methyl sites for hydroxylation is 2. The Kier molecular flexibility index (Phi) is 4.66. The lowest BCUT2D eigenvalue weighted by molar-refractivity contribution is 0.102. The van der Waals surface area contributed by atoms with E-state index in [9.17, 15) is 13.2 Å². The van der Waals surface area contributed by atoms with Crippen LogP contribution in [0, 0.1) is 13.8 Å². The number of aromatic nitrogens is 2. The molecule has 1 aromatic carbocycles. The molecule has 0 radical (unpaired) electrons. The quantitative estimate of drug-likeness (QED) is 0.687. The summed E-state index contributed by atoms with van der Waals surface area (Å²) >= 11 is 0. The number of anilines is 1. The molecule has 0 spiro atoms. The number of benzene rings is 1. The van der Waals surface area contributed by atoms with Crippen molar-refractivity contribution in [2.45, 2.75) is 37.5 Å². The van der Waals surface area contributed by atoms with Crippen LogP contribution in [0.4, 0.5) is 5.69 Å².